The first kappa shape index (κ1) is 17.9. The summed E-state index contributed by atoms with van der Waals surface area (Å²) in [6.07, 6.45) is 9.39. The Balaban J connectivity index is 1.86. The summed E-state index contributed by atoms with van der Waals surface area (Å²) in [6.45, 7) is 8.26. The van der Waals surface area contributed by atoms with E-state index in [4.69, 9.17) is 0 Å². The maximum atomic E-state index is 10.4. The highest BCUT2D eigenvalue weighted by molar-refractivity contribution is 5.36. The van der Waals surface area contributed by atoms with Crippen LogP contribution in [0.1, 0.15) is 58.8 Å². The van der Waals surface area contributed by atoms with E-state index in [1.54, 1.807) is 0 Å². The van der Waals surface area contributed by atoms with Gasteiger partial charge in [-0.3, -0.25) is 0 Å². The molecule has 3 aliphatic rings. The fourth-order valence-electron chi connectivity index (χ4n) is 5.53. The van der Waals surface area contributed by atoms with Crippen LogP contribution in [0.5, 0.6) is 0 Å². The average Bonchev–Trinajstić information content (AvgIpc) is 2.84. The van der Waals surface area contributed by atoms with E-state index < -0.39 is 0 Å². The molecule has 3 saturated carbocycles. The molecule has 3 nitrogen and oxygen atoms in total. The molecule has 3 heteroatoms. The Labute approximate surface area is 145 Å². The number of hydrogen-bond donors (Lipinski definition) is 3. The van der Waals surface area contributed by atoms with Crippen LogP contribution in [0.4, 0.5) is 0 Å². The molecule has 0 saturated heterocycles. The van der Waals surface area contributed by atoms with E-state index >= 15 is 0 Å². The molecule has 3 rings (SSSR count). The predicted octanol–water partition coefficient (Wildman–Crippen LogP) is 3.51. The van der Waals surface area contributed by atoms with Crippen molar-refractivity contribution in [2.24, 2.45) is 17.3 Å². The lowest BCUT2D eigenvalue weighted by atomic mass is 9.61. The molecule has 0 aliphatic heterocycles. The molecule has 134 valence electrons. The summed E-state index contributed by atoms with van der Waals surface area (Å²) >= 11 is 0. The zero-order valence-corrected chi connectivity index (χ0v) is 15.0. The van der Waals surface area contributed by atoms with Gasteiger partial charge >= 0.3 is 0 Å². The van der Waals surface area contributed by atoms with Crippen LogP contribution in [0.2, 0.25) is 0 Å². The van der Waals surface area contributed by atoms with Crippen LogP contribution in [-0.4, -0.2) is 33.6 Å². The number of fused-ring (bicyclic) bond motifs is 1. The molecule has 0 aromatic rings. The fourth-order valence-corrected chi connectivity index (χ4v) is 5.53. The number of aliphatic hydroxyl groups is 3. The maximum absolute atomic E-state index is 10.4. The van der Waals surface area contributed by atoms with E-state index in [9.17, 15) is 15.3 Å². The van der Waals surface area contributed by atoms with Crippen molar-refractivity contribution in [1.29, 1.82) is 0 Å². The van der Waals surface area contributed by atoms with Gasteiger partial charge in [-0.1, -0.05) is 36.8 Å². The Hall–Kier alpha value is -0.900. The topological polar surface area (TPSA) is 60.7 Å². The Morgan fingerprint density at radius 2 is 1.88 bits per heavy atom. The Bertz CT molecular complexity index is 559. The van der Waals surface area contributed by atoms with Crippen molar-refractivity contribution in [3.05, 3.63) is 35.5 Å². The van der Waals surface area contributed by atoms with Gasteiger partial charge in [-0.2, -0.15) is 0 Å². The third-order valence-corrected chi connectivity index (χ3v) is 6.77. The zero-order chi connectivity index (χ0) is 17.5. The Kier molecular flexibility index (Phi) is 5.06. The van der Waals surface area contributed by atoms with Crippen LogP contribution < -0.4 is 0 Å². The van der Waals surface area contributed by atoms with E-state index in [-0.39, 0.29) is 29.6 Å². The molecule has 0 heterocycles. The van der Waals surface area contributed by atoms with Gasteiger partial charge in [-0.15, -0.1) is 0 Å². The Morgan fingerprint density at radius 1 is 1.12 bits per heavy atom. The second kappa shape index (κ2) is 6.78. The van der Waals surface area contributed by atoms with Gasteiger partial charge in [0.05, 0.1) is 18.3 Å². The molecule has 0 radical (unpaired) electrons. The van der Waals surface area contributed by atoms with E-state index in [1.165, 1.54) is 5.57 Å². The van der Waals surface area contributed by atoms with E-state index in [1.807, 2.05) is 6.92 Å². The minimum absolute atomic E-state index is 0.0146. The minimum atomic E-state index is -0.324. The summed E-state index contributed by atoms with van der Waals surface area (Å²) in [4.78, 5) is 0. The lowest BCUT2D eigenvalue weighted by Crippen LogP contribution is -2.42. The van der Waals surface area contributed by atoms with Crippen molar-refractivity contribution in [2.45, 2.75) is 77.1 Å². The molecule has 0 unspecified atom stereocenters. The third-order valence-electron chi connectivity index (χ3n) is 6.77. The number of rotatable bonds is 2. The fraction of sp³-hybridized carbons (Fsp3) is 0.714. The van der Waals surface area contributed by atoms with Gasteiger partial charge in [0.1, 0.15) is 0 Å². The van der Waals surface area contributed by atoms with Crippen LogP contribution in [0.3, 0.4) is 0 Å². The largest absolute Gasteiger partial charge is 0.393 e. The number of aliphatic hydroxyl groups excluding tert-OH is 3. The van der Waals surface area contributed by atoms with Gasteiger partial charge in [0.25, 0.3) is 0 Å². The molecule has 0 bridgehead atoms. The molecule has 3 N–H and O–H groups in total. The number of allylic oxidation sites excluding steroid dienone is 3. The third kappa shape index (κ3) is 3.26. The standard InChI is InChI=1S/C21H32O3/c1-13-4-7-17(23)10-15(13)5-6-16-11-18(24)12-21(3)19(14(2)22)8-9-20(16)21/h5-6,14,17-20,22-24H,1,4,7-12H2,2-3H3/t14-,17-,18-,19-,20+,21-/m1/s1. The van der Waals surface area contributed by atoms with E-state index in [2.05, 4.69) is 25.7 Å². The highest BCUT2D eigenvalue weighted by atomic mass is 16.3. The molecule has 3 fully saturated rings. The van der Waals surface area contributed by atoms with Crippen molar-refractivity contribution >= 4 is 0 Å². The SMILES string of the molecule is C=C1CC[C@@H](O)CC1=CC=C1C[C@@H](O)C[C@]2(C)[C@@H]([C@@H](C)O)CC[C@@H]12. The van der Waals surface area contributed by atoms with Gasteiger partial charge in [0, 0.05) is 0 Å². The molecule has 0 amide bonds. The van der Waals surface area contributed by atoms with Gasteiger partial charge in [-0.25, -0.2) is 0 Å². The first-order valence-corrected chi connectivity index (χ1v) is 9.43. The Morgan fingerprint density at radius 3 is 2.58 bits per heavy atom. The van der Waals surface area contributed by atoms with Gasteiger partial charge < -0.3 is 15.3 Å². The summed E-state index contributed by atoms with van der Waals surface area (Å²) in [6, 6.07) is 0. The van der Waals surface area contributed by atoms with Crippen LogP contribution in [0, 0.1) is 17.3 Å². The van der Waals surface area contributed by atoms with Crippen molar-refractivity contribution in [3.8, 4) is 0 Å². The van der Waals surface area contributed by atoms with E-state index in [0.717, 1.165) is 49.7 Å². The summed E-state index contributed by atoms with van der Waals surface area (Å²) < 4.78 is 0. The predicted molar refractivity (Wildman–Crippen MR) is 96.4 cm³/mol. The van der Waals surface area contributed by atoms with Crippen LogP contribution in [0.25, 0.3) is 0 Å². The first-order chi connectivity index (χ1) is 11.3. The lowest BCUT2D eigenvalue weighted by Gasteiger charge is -2.45. The van der Waals surface area contributed by atoms with Crippen LogP contribution in [0.15, 0.2) is 35.5 Å². The molecule has 3 aliphatic carbocycles. The second-order valence-electron chi connectivity index (χ2n) is 8.48. The van der Waals surface area contributed by atoms with Gasteiger partial charge in [0.15, 0.2) is 0 Å². The van der Waals surface area contributed by atoms with Crippen molar-refractivity contribution < 1.29 is 15.3 Å². The molecule has 0 aromatic carbocycles. The molecular weight excluding hydrogens is 300 g/mol. The van der Waals surface area contributed by atoms with Gasteiger partial charge in [-0.05, 0) is 74.7 Å². The van der Waals surface area contributed by atoms with Crippen molar-refractivity contribution in [2.75, 3.05) is 0 Å². The van der Waals surface area contributed by atoms with Crippen molar-refractivity contribution in [1.82, 2.24) is 0 Å². The van der Waals surface area contributed by atoms with Crippen LogP contribution in [-0.2, 0) is 0 Å². The molecule has 24 heavy (non-hydrogen) atoms. The van der Waals surface area contributed by atoms with Crippen molar-refractivity contribution in [3.63, 3.8) is 0 Å². The monoisotopic (exact) mass is 332 g/mol. The highest BCUT2D eigenvalue weighted by Crippen LogP contribution is 2.58. The molecule has 6 atom stereocenters. The van der Waals surface area contributed by atoms with E-state index in [0.29, 0.717) is 12.3 Å². The first-order valence-electron chi connectivity index (χ1n) is 9.43. The number of hydrogen-bond acceptors (Lipinski definition) is 3. The maximum Gasteiger partial charge on any atom is 0.0583 e. The quantitative estimate of drug-likeness (QED) is 0.725. The molecular formula is C21H32O3. The normalized spacial score (nSPS) is 44.8. The minimum Gasteiger partial charge on any atom is -0.393 e. The summed E-state index contributed by atoms with van der Waals surface area (Å²) in [7, 11) is 0. The average molecular weight is 332 g/mol. The molecule has 0 spiro atoms. The second-order valence-corrected chi connectivity index (χ2v) is 8.48. The highest BCUT2D eigenvalue weighted by Gasteiger charge is 2.52. The lowest BCUT2D eigenvalue weighted by molar-refractivity contribution is -0.0110. The zero-order valence-electron chi connectivity index (χ0n) is 15.0. The summed E-state index contributed by atoms with van der Waals surface area (Å²) in [5.41, 5.74) is 3.57. The van der Waals surface area contributed by atoms with Crippen LogP contribution >= 0.6 is 0 Å². The summed E-state index contributed by atoms with van der Waals surface area (Å²) in [5.74, 6) is 0.708. The molecule has 0 aromatic heterocycles. The summed E-state index contributed by atoms with van der Waals surface area (Å²) in [5, 5.41) is 30.5. The smallest absolute Gasteiger partial charge is 0.0583 e. The van der Waals surface area contributed by atoms with Gasteiger partial charge in [0.2, 0.25) is 0 Å².